The van der Waals surface area contributed by atoms with Crippen LogP contribution in [0.15, 0.2) is 12.4 Å². The first-order valence-electron chi connectivity index (χ1n) is 4.78. The summed E-state index contributed by atoms with van der Waals surface area (Å²) in [5, 5.41) is 6.66. The summed E-state index contributed by atoms with van der Waals surface area (Å²) in [4.78, 5) is 11.8. The van der Waals surface area contributed by atoms with Gasteiger partial charge < -0.3 is 5.32 Å². The summed E-state index contributed by atoms with van der Waals surface area (Å²) >= 11 is 5.97. The number of alkyl halides is 1. The number of carbonyl (C=O) groups is 1. The Hall–Kier alpha value is -1.03. The Balaban J connectivity index is 2.72. The van der Waals surface area contributed by atoms with Gasteiger partial charge in [0.25, 0.3) is 5.91 Å². The molecule has 0 aliphatic heterocycles. The first-order valence-corrected chi connectivity index (χ1v) is 5.22. The van der Waals surface area contributed by atoms with Crippen LogP contribution in [0.5, 0.6) is 0 Å². The fourth-order valence-corrected chi connectivity index (χ4v) is 1.06. The molecule has 1 aromatic rings. The van der Waals surface area contributed by atoms with Gasteiger partial charge in [0.1, 0.15) is 0 Å². The van der Waals surface area contributed by atoms with Gasteiger partial charge in [0.15, 0.2) is 0 Å². The van der Waals surface area contributed by atoms with E-state index in [1.165, 1.54) is 6.20 Å². The van der Waals surface area contributed by atoms with Crippen LogP contribution in [0.2, 0.25) is 0 Å². The van der Waals surface area contributed by atoms with Crippen LogP contribution in [-0.4, -0.2) is 26.6 Å². The smallest absolute Gasteiger partial charge is 0.254 e. The minimum Gasteiger partial charge on any atom is -0.346 e. The lowest BCUT2D eigenvalue weighted by atomic mass is 10.0. The largest absolute Gasteiger partial charge is 0.346 e. The number of hydrogen-bond acceptors (Lipinski definition) is 2. The van der Waals surface area contributed by atoms with E-state index in [-0.39, 0.29) is 11.3 Å². The fraction of sp³-hybridized carbons (Fsp3) is 0.600. The molecule has 0 radical (unpaired) electrons. The number of rotatable bonds is 3. The Morgan fingerprint density at radius 3 is 2.67 bits per heavy atom. The third-order valence-corrected chi connectivity index (χ3v) is 2.94. The second-order valence-electron chi connectivity index (χ2n) is 4.19. The molecule has 1 N–H and O–H groups in total. The second kappa shape index (κ2) is 4.23. The van der Waals surface area contributed by atoms with Gasteiger partial charge in [-0.3, -0.25) is 9.48 Å². The van der Waals surface area contributed by atoms with Gasteiger partial charge in [-0.25, -0.2) is 0 Å². The molecule has 1 amide bonds. The van der Waals surface area contributed by atoms with E-state index >= 15 is 0 Å². The molecule has 0 saturated carbocycles. The molecule has 0 bridgehead atoms. The average Bonchev–Trinajstić information content (AvgIpc) is 2.50. The average molecular weight is 230 g/mol. The van der Waals surface area contributed by atoms with Crippen molar-refractivity contribution in [2.45, 2.75) is 31.7 Å². The maximum atomic E-state index is 11.8. The maximum absolute atomic E-state index is 11.8. The number of aryl methyl sites for hydroxylation is 1. The van der Waals surface area contributed by atoms with Crippen LogP contribution in [0.4, 0.5) is 0 Å². The van der Waals surface area contributed by atoms with Crippen LogP contribution in [0.3, 0.4) is 0 Å². The number of carbonyl (C=O) groups excluding carboxylic acids is 1. The second-order valence-corrected chi connectivity index (χ2v) is 4.85. The van der Waals surface area contributed by atoms with Gasteiger partial charge >= 0.3 is 0 Å². The van der Waals surface area contributed by atoms with Gasteiger partial charge in [-0.1, -0.05) is 0 Å². The van der Waals surface area contributed by atoms with Crippen LogP contribution in [-0.2, 0) is 7.05 Å². The molecule has 1 rings (SSSR count). The highest BCUT2D eigenvalue weighted by molar-refractivity contribution is 6.21. The van der Waals surface area contributed by atoms with Crippen molar-refractivity contribution in [3.05, 3.63) is 18.0 Å². The van der Waals surface area contributed by atoms with E-state index in [9.17, 15) is 4.79 Å². The number of nitrogens with zero attached hydrogens (tertiary/aromatic N) is 2. The Bertz CT molecular complexity index is 357. The van der Waals surface area contributed by atoms with Crippen molar-refractivity contribution >= 4 is 17.5 Å². The lowest BCUT2D eigenvalue weighted by Crippen LogP contribution is -2.48. The van der Waals surface area contributed by atoms with Gasteiger partial charge in [0.05, 0.1) is 22.7 Å². The predicted octanol–water partition coefficient (Wildman–Crippen LogP) is 1.56. The molecule has 1 atom stereocenters. The Kier molecular flexibility index (Phi) is 3.39. The molecule has 0 saturated heterocycles. The van der Waals surface area contributed by atoms with Gasteiger partial charge in [0.2, 0.25) is 0 Å². The molecule has 15 heavy (non-hydrogen) atoms. The fourth-order valence-electron chi connectivity index (χ4n) is 1.00. The Morgan fingerprint density at radius 2 is 2.27 bits per heavy atom. The van der Waals surface area contributed by atoms with Gasteiger partial charge in [-0.05, 0) is 20.8 Å². The number of nitrogens with one attached hydrogen (secondary N) is 1. The summed E-state index contributed by atoms with van der Waals surface area (Å²) in [6, 6.07) is 0. The summed E-state index contributed by atoms with van der Waals surface area (Å²) in [7, 11) is 1.77. The van der Waals surface area contributed by atoms with E-state index in [0.29, 0.717) is 5.56 Å². The minimum absolute atomic E-state index is 0.141. The van der Waals surface area contributed by atoms with Crippen molar-refractivity contribution in [1.82, 2.24) is 15.1 Å². The Morgan fingerprint density at radius 1 is 1.67 bits per heavy atom. The summed E-state index contributed by atoms with van der Waals surface area (Å²) in [5.41, 5.74) is 0.108. The standard InChI is InChI=1S/C10H16ClN3O/c1-7(11)10(2,3)13-9(15)8-5-12-14(4)6-8/h5-7H,1-4H3,(H,13,15). The van der Waals surface area contributed by atoms with Gasteiger partial charge in [0, 0.05) is 13.2 Å². The molecule has 84 valence electrons. The predicted molar refractivity (Wildman–Crippen MR) is 60.1 cm³/mol. The number of hydrogen-bond donors (Lipinski definition) is 1. The highest BCUT2D eigenvalue weighted by Gasteiger charge is 2.26. The molecule has 1 aromatic heterocycles. The van der Waals surface area contributed by atoms with Crippen molar-refractivity contribution in [3.8, 4) is 0 Å². The first-order chi connectivity index (χ1) is 6.83. The van der Waals surface area contributed by atoms with Crippen molar-refractivity contribution in [2.24, 2.45) is 7.05 Å². The van der Waals surface area contributed by atoms with Crippen LogP contribution < -0.4 is 5.32 Å². The number of amides is 1. The van der Waals surface area contributed by atoms with E-state index in [0.717, 1.165) is 0 Å². The van der Waals surface area contributed by atoms with E-state index in [1.54, 1.807) is 17.9 Å². The van der Waals surface area contributed by atoms with Crippen molar-refractivity contribution in [3.63, 3.8) is 0 Å². The third-order valence-electron chi connectivity index (χ3n) is 2.40. The van der Waals surface area contributed by atoms with Crippen LogP contribution in [0, 0.1) is 0 Å². The maximum Gasteiger partial charge on any atom is 0.254 e. The molecule has 0 spiro atoms. The van der Waals surface area contributed by atoms with Crippen LogP contribution in [0.25, 0.3) is 0 Å². The van der Waals surface area contributed by atoms with Crippen molar-refractivity contribution in [2.75, 3.05) is 0 Å². The molecular weight excluding hydrogens is 214 g/mol. The first kappa shape index (κ1) is 12.0. The van der Waals surface area contributed by atoms with Gasteiger partial charge in [-0.2, -0.15) is 5.10 Å². The highest BCUT2D eigenvalue weighted by atomic mass is 35.5. The third kappa shape index (κ3) is 2.96. The molecule has 0 aliphatic carbocycles. The highest BCUT2D eigenvalue weighted by Crippen LogP contribution is 2.15. The number of aromatic nitrogens is 2. The molecule has 0 aromatic carbocycles. The molecule has 4 nitrogen and oxygen atoms in total. The lowest BCUT2D eigenvalue weighted by Gasteiger charge is -2.28. The monoisotopic (exact) mass is 229 g/mol. The normalized spacial score (nSPS) is 13.7. The van der Waals surface area contributed by atoms with E-state index in [1.807, 2.05) is 20.8 Å². The molecule has 0 aliphatic rings. The van der Waals surface area contributed by atoms with E-state index < -0.39 is 5.54 Å². The zero-order chi connectivity index (χ0) is 11.6. The molecular formula is C10H16ClN3O. The lowest BCUT2D eigenvalue weighted by molar-refractivity contribution is 0.0912. The van der Waals surface area contributed by atoms with Crippen molar-refractivity contribution < 1.29 is 4.79 Å². The zero-order valence-corrected chi connectivity index (χ0v) is 10.2. The van der Waals surface area contributed by atoms with E-state index in [2.05, 4.69) is 10.4 Å². The summed E-state index contributed by atoms with van der Waals surface area (Å²) in [6.07, 6.45) is 3.20. The zero-order valence-electron chi connectivity index (χ0n) is 9.41. The summed E-state index contributed by atoms with van der Waals surface area (Å²) in [5.74, 6) is -0.152. The van der Waals surface area contributed by atoms with Crippen molar-refractivity contribution in [1.29, 1.82) is 0 Å². The quantitative estimate of drug-likeness (QED) is 0.800. The molecule has 1 heterocycles. The summed E-state index contributed by atoms with van der Waals surface area (Å²) in [6.45, 7) is 5.63. The summed E-state index contributed by atoms with van der Waals surface area (Å²) < 4.78 is 1.59. The SMILES string of the molecule is CC(Cl)C(C)(C)NC(=O)c1cnn(C)c1. The topological polar surface area (TPSA) is 46.9 Å². The molecule has 1 unspecified atom stereocenters. The number of halogens is 1. The minimum atomic E-state index is -0.436. The van der Waals surface area contributed by atoms with Crippen LogP contribution >= 0.6 is 11.6 Å². The van der Waals surface area contributed by atoms with Gasteiger partial charge in [-0.15, -0.1) is 11.6 Å². The molecule has 5 heteroatoms. The Labute approximate surface area is 94.6 Å². The van der Waals surface area contributed by atoms with E-state index in [4.69, 9.17) is 11.6 Å². The van der Waals surface area contributed by atoms with Crippen LogP contribution in [0.1, 0.15) is 31.1 Å². The molecule has 0 fully saturated rings.